The van der Waals surface area contributed by atoms with Crippen LogP contribution in [0.4, 0.5) is 0 Å². The van der Waals surface area contributed by atoms with Crippen LogP contribution in [0.1, 0.15) is 23.8 Å². The fourth-order valence-electron chi connectivity index (χ4n) is 1.77. The summed E-state index contributed by atoms with van der Waals surface area (Å²) < 4.78 is 0. The summed E-state index contributed by atoms with van der Waals surface area (Å²) in [5.74, 6) is 0.692. The van der Waals surface area contributed by atoms with Crippen molar-refractivity contribution in [1.29, 1.82) is 0 Å². The van der Waals surface area contributed by atoms with Crippen molar-refractivity contribution in [3.05, 3.63) is 30.1 Å². The largest absolute Gasteiger partial charge is 0.337 e. The Balaban J connectivity index is 2.10. The van der Waals surface area contributed by atoms with E-state index in [9.17, 15) is 4.79 Å². The molecule has 1 saturated heterocycles. The molecule has 1 fully saturated rings. The zero-order valence-corrected chi connectivity index (χ0v) is 8.31. The minimum Gasteiger partial charge on any atom is -0.337 e. The lowest BCUT2D eigenvalue weighted by Crippen LogP contribution is -2.29. The Kier molecular flexibility index (Phi) is 2.48. The van der Waals surface area contributed by atoms with Crippen LogP contribution in [0.25, 0.3) is 0 Å². The summed E-state index contributed by atoms with van der Waals surface area (Å²) in [6, 6.07) is 5.44. The molecule has 0 radical (unpaired) electrons. The average molecular weight is 190 g/mol. The number of likely N-dealkylation sites (tertiary alicyclic amines) is 1. The highest BCUT2D eigenvalue weighted by molar-refractivity contribution is 5.92. The van der Waals surface area contributed by atoms with Gasteiger partial charge in [0.15, 0.2) is 0 Å². The number of amides is 1. The molecule has 0 spiro atoms. The third kappa shape index (κ3) is 1.76. The van der Waals surface area contributed by atoms with Gasteiger partial charge in [-0.15, -0.1) is 0 Å². The predicted molar refractivity (Wildman–Crippen MR) is 53.9 cm³/mol. The second-order valence-electron chi connectivity index (χ2n) is 3.86. The Morgan fingerprint density at radius 1 is 1.57 bits per heavy atom. The van der Waals surface area contributed by atoms with E-state index in [1.54, 1.807) is 12.3 Å². The standard InChI is InChI=1S/C11H14N2O/c1-9-5-7-13(8-9)11(14)10-4-2-3-6-12-10/h2-4,6,9H,5,7-8H2,1H3. The monoisotopic (exact) mass is 190 g/mol. The van der Waals surface area contributed by atoms with Gasteiger partial charge in [0, 0.05) is 19.3 Å². The van der Waals surface area contributed by atoms with Crippen LogP contribution in [-0.2, 0) is 0 Å². The van der Waals surface area contributed by atoms with E-state index in [4.69, 9.17) is 0 Å². The topological polar surface area (TPSA) is 33.2 Å². The molecule has 2 heterocycles. The van der Waals surface area contributed by atoms with Gasteiger partial charge in [-0.1, -0.05) is 13.0 Å². The van der Waals surface area contributed by atoms with Crippen molar-refractivity contribution in [2.45, 2.75) is 13.3 Å². The fraction of sp³-hybridized carbons (Fsp3) is 0.455. The van der Waals surface area contributed by atoms with Crippen LogP contribution < -0.4 is 0 Å². The normalized spacial score (nSPS) is 21.2. The number of rotatable bonds is 1. The zero-order chi connectivity index (χ0) is 9.97. The molecule has 1 amide bonds. The molecule has 1 aliphatic rings. The number of carbonyl (C=O) groups is 1. The van der Waals surface area contributed by atoms with Crippen LogP contribution in [0.3, 0.4) is 0 Å². The molecule has 1 aliphatic heterocycles. The number of pyridine rings is 1. The summed E-state index contributed by atoms with van der Waals surface area (Å²) in [5, 5.41) is 0. The molecule has 0 aromatic carbocycles. The van der Waals surface area contributed by atoms with Crippen LogP contribution in [0.2, 0.25) is 0 Å². The van der Waals surface area contributed by atoms with Crippen LogP contribution in [0.15, 0.2) is 24.4 Å². The van der Waals surface area contributed by atoms with Crippen molar-refractivity contribution in [1.82, 2.24) is 9.88 Å². The van der Waals surface area contributed by atoms with Crippen molar-refractivity contribution < 1.29 is 4.79 Å². The molecule has 0 bridgehead atoms. The van der Waals surface area contributed by atoms with E-state index in [0.29, 0.717) is 11.6 Å². The second kappa shape index (κ2) is 3.78. The van der Waals surface area contributed by atoms with Gasteiger partial charge in [0.25, 0.3) is 5.91 Å². The average Bonchev–Trinajstić information content (AvgIpc) is 2.65. The first-order chi connectivity index (χ1) is 6.77. The Morgan fingerprint density at radius 2 is 2.43 bits per heavy atom. The Bertz CT molecular complexity index is 323. The lowest BCUT2D eigenvalue weighted by Gasteiger charge is -2.14. The number of hydrogen-bond donors (Lipinski definition) is 0. The molecule has 0 N–H and O–H groups in total. The third-order valence-electron chi connectivity index (χ3n) is 2.60. The Hall–Kier alpha value is -1.38. The molecular weight excluding hydrogens is 176 g/mol. The molecule has 74 valence electrons. The summed E-state index contributed by atoms with van der Waals surface area (Å²) in [5.41, 5.74) is 0.557. The van der Waals surface area contributed by atoms with Gasteiger partial charge in [0.2, 0.25) is 0 Å². The summed E-state index contributed by atoms with van der Waals surface area (Å²) >= 11 is 0. The second-order valence-corrected chi connectivity index (χ2v) is 3.86. The molecule has 3 nitrogen and oxygen atoms in total. The van der Waals surface area contributed by atoms with Gasteiger partial charge < -0.3 is 4.90 Å². The minimum atomic E-state index is 0.0648. The Morgan fingerprint density at radius 3 is 3.00 bits per heavy atom. The first-order valence-electron chi connectivity index (χ1n) is 4.97. The molecule has 2 rings (SSSR count). The first kappa shape index (κ1) is 9.19. The maximum Gasteiger partial charge on any atom is 0.272 e. The van der Waals surface area contributed by atoms with E-state index in [2.05, 4.69) is 11.9 Å². The van der Waals surface area contributed by atoms with Gasteiger partial charge >= 0.3 is 0 Å². The minimum absolute atomic E-state index is 0.0648. The Labute approximate surface area is 83.8 Å². The van der Waals surface area contributed by atoms with Crippen LogP contribution in [-0.4, -0.2) is 28.9 Å². The summed E-state index contributed by atoms with van der Waals surface area (Å²) in [4.78, 5) is 17.8. The lowest BCUT2D eigenvalue weighted by molar-refractivity contribution is 0.0782. The van der Waals surface area contributed by atoms with Crippen molar-refractivity contribution in [3.63, 3.8) is 0 Å². The fourth-order valence-corrected chi connectivity index (χ4v) is 1.77. The van der Waals surface area contributed by atoms with Crippen LogP contribution in [0, 0.1) is 5.92 Å². The van der Waals surface area contributed by atoms with Crippen molar-refractivity contribution in [2.75, 3.05) is 13.1 Å². The SMILES string of the molecule is CC1CCN(C(=O)c2ccccn2)C1. The molecule has 1 aromatic heterocycles. The van der Waals surface area contributed by atoms with Crippen LogP contribution >= 0.6 is 0 Å². The summed E-state index contributed by atoms with van der Waals surface area (Å²) in [6.07, 6.45) is 2.77. The third-order valence-corrected chi connectivity index (χ3v) is 2.60. The van der Waals surface area contributed by atoms with Gasteiger partial charge in [-0.2, -0.15) is 0 Å². The van der Waals surface area contributed by atoms with Crippen LogP contribution in [0.5, 0.6) is 0 Å². The molecular formula is C11H14N2O. The van der Waals surface area contributed by atoms with Gasteiger partial charge in [-0.25, -0.2) is 0 Å². The van der Waals surface area contributed by atoms with Crippen molar-refractivity contribution in [2.24, 2.45) is 5.92 Å². The summed E-state index contributed by atoms with van der Waals surface area (Å²) in [7, 11) is 0. The van der Waals surface area contributed by atoms with E-state index in [0.717, 1.165) is 19.5 Å². The number of carbonyl (C=O) groups excluding carboxylic acids is 1. The molecule has 1 atom stereocenters. The number of nitrogens with zero attached hydrogens (tertiary/aromatic N) is 2. The molecule has 3 heteroatoms. The number of hydrogen-bond acceptors (Lipinski definition) is 2. The molecule has 0 saturated carbocycles. The van der Waals surface area contributed by atoms with Gasteiger partial charge in [0.1, 0.15) is 5.69 Å². The molecule has 14 heavy (non-hydrogen) atoms. The highest BCUT2D eigenvalue weighted by Crippen LogP contribution is 2.16. The quantitative estimate of drug-likeness (QED) is 0.673. The zero-order valence-electron chi connectivity index (χ0n) is 8.31. The first-order valence-corrected chi connectivity index (χ1v) is 4.97. The van der Waals surface area contributed by atoms with E-state index in [-0.39, 0.29) is 5.91 Å². The van der Waals surface area contributed by atoms with Crippen molar-refractivity contribution >= 4 is 5.91 Å². The molecule has 1 unspecified atom stereocenters. The van der Waals surface area contributed by atoms with Gasteiger partial charge in [-0.3, -0.25) is 9.78 Å². The highest BCUT2D eigenvalue weighted by Gasteiger charge is 2.24. The van der Waals surface area contributed by atoms with E-state index < -0.39 is 0 Å². The summed E-state index contributed by atoms with van der Waals surface area (Å²) in [6.45, 7) is 3.91. The number of aromatic nitrogens is 1. The van der Waals surface area contributed by atoms with E-state index >= 15 is 0 Å². The van der Waals surface area contributed by atoms with E-state index in [1.165, 1.54) is 0 Å². The van der Waals surface area contributed by atoms with Crippen molar-refractivity contribution in [3.8, 4) is 0 Å². The molecule has 0 aliphatic carbocycles. The van der Waals surface area contributed by atoms with E-state index in [1.807, 2.05) is 17.0 Å². The van der Waals surface area contributed by atoms with Gasteiger partial charge in [0.05, 0.1) is 0 Å². The maximum absolute atomic E-state index is 11.9. The van der Waals surface area contributed by atoms with Gasteiger partial charge in [-0.05, 0) is 24.5 Å². The molecule has 1 aromatic rings. The highest BCUT2D eigenvalue weighted by atomic mass is 16.2. The lowest BCUT2D eigenvalue weighted by atomic mass is 10.2. The predicted octanol–water partition coefficient (Wildman–Crippen LogP) is 1.56. The smallest absolute Gasteiger partial charge is 0.272 e. The maximum atomic E-state index is 11.9.